The van der Waals surface area contributed by atoms with E-state index in [1.54, 1.807) is 20.8 Å². The fourth-order valence-electron chi connectivity index (χ4n) is 3.89. The number of hydrogen-bond donors (Lipinski definition) is 2. The third-order valence-corrected chi connectivity index (χ3v) is 5.67. The molecule has 0 aromatic heterocycles. The molecular formula is C24H43N3O6. The maximum Gasteiger partial charge on any atom is 0.408 e. The Bertz CT molecular complexity index is 641. The van der Waals surface area contributed by atoms with Gasteiger partial charge in [-0.3, -0.25) is 14.4 Å². The molecule has 9 heteroatoms. The van der Waals surface area contributed by atoms with Gasteiger partial charge in [0.15, 0.2) is 0 Å². The van der Waals surface area contributed by atoms with Crippen LogP contribution in [0.15, 0.2) is 0 Å². The van der Waals surface area contributed by atoms with E-state index in [0.717, 1.165) is 32.1 Å². The summed E-state index contributed by atoms with van der Waals surface area (Å²) in [5.41, 5.74) is -0.684. The van der Waals surface area contributed by atoms with Gasteiger partial charge in [0.2, 0.25) is 11.8 Å². The van der Waals surface area contributed by atoms with E-state index in [1.165, 1.54) is 31.3 Å². The summed E-state index contributed by atoms with van der Waals surface area (Å²) in [6, 6.07) is -0.778. The number of alkyl carbamates (subject to hydrolysis) is 1. The Morgan fingerprint density at radius 2 is 1.76 bits per heavy atom. The Labute approximate surface area is 198 Å². The summed E-state index contributed by atoms with van der Waals surface area (Å²) in [6.45, 7) is 7.28. The summed E-state index contributed by atoms with van der Waals surface area (Å²) < 4.78 is 9.89. The highest BCUT2D eigenvalue weighted by molar-refractivity contribution is 5.90. The van der Waals surface area contributed by atoms with Crippen LogP contribution in [-0.4, -0.2) is 67.2 Å². The minimum Gasteiger partial charge on any atom is -0.468 e. The van der Waals surface area contributed by atoms with E-state index in [9.17, 15) is 19.2 Å². The van der Waals surface area contributed by atoms with Crippen molar-refractivity contribution in [3.05, 3.63) is 0 Å². The van der Waals surface area contributed by atoms with Crippen LogP contribution in [0.3, 0.4) is 0 Å². The van der Waals surface area contributed by atoms with Crippen molar-refractivity contribution in [3.63, 3.8) is 0 Å². The molecule has 0 aromatic rings. The van der Waals surface area contributed by atoms with Gasteiger partial charge in [-0.2, -0.15) is 0 Å². The van der Waals surface area contributed by atoms with E-state index in [-0.39, 0.29) is 19.0 Å². The molecule has 0 spiro atoms. The average Bonchev–Trinajstić information content (AvgIpc) is 2.76. The van der Waals surface area contributed by atoms with Crippen LogP contribution in [0.5, 0.6) is 0 Å². The molecule has 33 heavy (non-hydrogen) atoms. The molecule has 3 amide bonds. The molecule has 0 heterocycles. The number of esters is 1. The average molecular weight is 470 g/mol. The molecule has 9 nitrogen and oxygen atoms in total. The zero-order chi connectivity index (χ0) is 24.9. The first-order chi connectivity index (χ1) is 15.6. The lowest BCUT2D eigenvalue weighted by molar-refractivity contribution is -0.142. The van der Waals surface area contributed by atoms with E-state index >= 15 is 0 Å². The topological polar surface area (TPSA) is 114 Å². The fourth-order valence-corrected chi connectivity index (χ4v) is 3.89. The van der Waals surface area contributed by atoms with Crippen LogP contribution in [0.1, 0.15) is 85.5 Å². The number of unbranched alkanes of at least 4 members (excludes halogenated alkanes) is 1. The summed E-state index contributed by atoms with van der Waals surface area (Å²) in [5, 5.41) is 5.19. The van der Waals surface area contributed by atoms with E-state index in [0.29, 0.717) is 18.9 Å². The van der Waals surface area contributed by atoms with E-state index in [4.69, 9.17) is 4.74 Å². The van der Waals surface area contributed by atoms with Gasteiger partial charge in [-0.05, 0) is 39.5 Å². The highest BCUT2D eigenvalue weighted by Gasteiger charge is 2.29. The summed E-state index contributed by atoms with van der Waals surface area (Å²) in [6.07, 6.45) is 8.11. The quantitative estimate of drug-likeness (QED) is 0.425. The van der Waals surface area contributed by atoms with Crippen LogP contribution in [0.4, 0.5) is 4.79 Å². The lowest BCUT2D eigenvalue weighted by atomic mass is 9.87. The van der Waals surface area contributed by atoms with Gasteiger partial charge in [0.05, 0.1) is 13.7 Å². The van der Waals surface area contributed by atoms with Gasteiger partial charge >= 0.3 is 12.1 Å². The van der Waals surface area contributed by atoms with Crippen molar-refractivity contribution in [2.24, 2.45) is 5.92 Å². The monoisotopic (exact) mass is 469 g/mol. The first-order valence-corrected chi connectivity index (χ1v) is 12.2. The van der Waals surface area contributed by atoms with Crippen LogP contribution in [0.2, 0.25) is 0 Å². The maximum atomic E-state index is 13.4. The minimum absolute atomic E-state index is 0.179. The molecule has 1 rings (SSSR count). The van der Waals surface area contributed by atoms with Gasteiger partial charge < -0.3 is 25.0 Å². The molecule has 0 saturated heterocycles. The van der Waals surface area contributed by atoms with Crippen molar-refractivity contribution in [2.75, 3.05) is 26.7 Å². The molecule has 2 N–H and O–H groups in total. The van der Waals surface area contributed by atoms with Crippen LogP contribution < -0.4 is 10.6 Å². The van der Waals surface area contributed by atoms with Crippen molar-refractivity contribution < 1.29 is 28.7 Å². The van der Waals surface area contributed by atoms with Gasteiger partial charge in [0, 0.05) is 6.54 Å². The Morgan fingerprint density at radius 1 is 1.09 bits per heavy atom. The largest absolute Gasteiger partial charge is 0.468 e. The lowest BCUT2D eigenvalue weighted by Gasteiger charge is -2.30. The molecule has 1 aliphatic rings. The normalized spacial score (nSPS) is 15.3. The van der Waals surface area contributed by atoms with Gasteiger partial charge in [-0.1, -0.05) is 51.9 Å². The van der Waals surface area contributed by atoms with E-state index in [2.05, 4.69) is 15.4 Å². The fraction of sp³-hybridized carbons (Fsp3) is 0.833. The highest BCUT2D eigenvalue weighted by atomic mass is 16.6. The third kappa shape index (κ3) is 12.5. The zero-order valence-corrected chi connectivity index (χ0v) is 21.0. The molecule has 1 saturated carbocycles. The SMILES string of the molecule is CCCC[C@H](NC(=O)OC(C)(C)C)C(=O)N(CCC1CCCCC1)CC(=O)NCC(=O)OC. The molecule has 0 aliphatic heterocycles. The summed E-state index contributed by atoms with van der Waals surface area (Å²) in [7, 11) is 1.25. The number of hydrogen-bond acceptors (Lipinski definition) is 6. The summed E-state index contributed by atoms with van der Waals surface area (Å²) >= 11 is 0. The molecule has 0 unspecified atom stereocenters. The Hall–Kier alpha value is -2.32. The second kappa shape index (κ2) is 14.8. The lowest BCUT2D eigenvalue weighted by Crippen LogP contribution is -2.52. The Morgan fingerprint density at radius 3 is 2.33 bits per heavy atom. The predicted molar refractivity (Wildman–Crippen MR) is 125 cm³/mol. The van der Waals surface area contributed by atoms with Crippen molar-refractivity contribution in [1.29, 1.82) is 0 Å². The van der Waals surface area contributed by atoms with Crippen LogP contribution in [-0.2, 0) is 23.9 Å². The van der Waals surface area contributed by atoms with E-state index in [1.807, 2.05) is 6.92 Å². The smallest absolute Gasteiger partial charge is 0.408 e. The molecule has 0 radical (unpaired) electrons. The molecule has 1 atom stereocenters. The number of methoxy groups -OCH3 is 1. The standard InChI is InChI=1S/C24H43N3O6/c1-6-7-13-19(26-23(31)33-24(2,3)4)22(30)27(15-14-18-11-9-8-10-12-18)17-20(28)25-16-21(29)32-5/h18-19H,6-17H2,1-5H3,(H,25,28)(H,26,31)/t19-/m0/s1. The molecule has 0 bridgehead atoms. The van der Waals surface area contributed by atoms with Crippen molar-refractivity contribution in [3.8, 4) is 0 Å². The number of nitrogens with one attached hydrogen (secondary N) is 2. The maximum absolute atomic E-state index is 13.4. The number of carbonyl (C=O) groups excluding carboxylic acids is 4. The van der Waals surface area contributed by atoms with Crippen LogP contribution in [0, 0.1) is 5.92 Å². The number of ether oxygens (including phenoxy) is 2. The van der Waals surface area contributed by atoms with Crippen molar-refractivity contribution >= 4 is 23.9 Å². The van der Waals surface area contributed by atoms with Gasteiger partial charge in [0.25, 0.3) is 0 Å². The Kier molecular flexibility index (Phi) is 12.8. The second-order valence-corrected chi connectivity index (χ2v) is 9.75. The molecular weight excluding hydrogens is 426 g/mol. The predicted octanol–water partition coefficient (Wildman–Crippen LogP) is 3.16. The first kappa shape index (κ1) is 28.7. The third-order valence-electron chi connectivity index (χ3n) is 5.67. The van der Waals surface area contributed by atoms with Gasteiger partial charge in [0.1, 0.15) is 18.2 Å². The molecule has 190 valence electrons. The van der Waals surface area contributed by atoms with Crippen molar-refractivity contribution in [2.45, 2.75) is 97.1 Å². The molecule has 0 aromatic carbocycles. The van der Waals surface area contributed by atoms with Crippen molar-refractivity contribution in [1.82, 2.24) is 15.5 Å². The summed E-state index contributed by atoms with van der Waals surface area (Å²) in [5.74, 6) is -0.779. The second-order valence-electron chi connectivity index (χ2n) is 9.75. The number of carbonyl (C=O) groups is 4. The van der Waals surface area contributed by atoms with Crippen LogP contribution in [0.25, 0.3) is 0 Å². The molecule has 1 fully saturated rings. The Balaban J connectivity index is 2.89. The zero-order valence-electron chi connectivity index (χ0n) is 21.0. The number of amides is 3. The minimum atomic E-state index is -0.778. The highest BCUT2D eigenvalue weighted by Crippen LogP contribution is 2.26. The van der Waals surface area contributed by atoms with Gasteiger partial charge in [-0.25, -0.2) is 4.79 Å². The number of rotatable bonds is 12. The van der Waals surface area contributed by atoms with Gasteiger partial charge in [-0.15, -0.1) is 0 Å². The first-order valence-electron chi connectivity index (χ1n) is 12.2. The van der Waals surface area contributed by atoms with E-state index < -0.39 is 29.6 Å². The van der Waals surface area contributed by atoms with Crippen LogP contribution >= 0.6 is 0 Å². The summed E-state index contributed by atoms with van der Waals surface area (Å²) in [4.78, 5) is 51.1. The number of nitrogens with zero attached hydrogens (tertiary/aromatic N) is 1. The molecule has 1 aliphatic carbocycles.